The fraction of sp³-hybridized carbons (Fsp3) is 0.111. The molecule has 0 unspecified atom stereocenters. The lowest BCUT2D eigenvalue weighted by molar-refractivity contribution is 0.150. The van der Waals surface area contributed by atoms with Crippen molar-refractivity contribution in [1.29, 1.82) is 0 Å². The van der Waals surface area contributed by atoms with Crippen molar-refractivity contribution in [1.82, 2.24) is 9.97 Å². The monoisotopic (exact) mass is 191 g/mol. The highest BCUT2D eigenvalue weighted by atomic mass is 16.5. The molecule has 1 amide bonds. The van der Waals surface area contributed by atoms with Gasteiger partial charge in [-0.1, -0.05) is 6.07 Å². The zero-order chi connectivity index (χ0) is 9.97. The molecule has 14 heavy (non-hydrogen) atoms. The van der Waals surface area contributed by atoms with Crippen molar-refractivity contribution < 1.29 is 9.53 Å². The van der Waals surface area contributed by atoms with Gasteiger partial charge in [-0.15, -0.1) is 0 Å². The number of hydrogen-bond acceptors (Lipinski definition) is 3. The summed E-state index contributed by atoms with van der Waals surface area (Å²) in [5.41, 5.74) is 7.52. The van der Waals surface area contributed by atoms with Gasteiger partial charge in [-0.2, -0.15) is 0 Å². The first-order valence-corrected chi connectivity index (χ1v) is 4.10. The molecule has 0 saturated carbocycles. The molecule has 0 aliphatic heterocycles. The Hall–Kier alpha value is -2.04. The standard InChI is InChI=1S/C9H9N3O2/c10-9(13)14-4-6-1-2-7-8(3-6)12-5-11-7/h1-3,5H,4H2,(H2,10,13)(H,11,12). The molecular weight excluding hydrogens is 182 g/mol. The van der Waals surface area contributed by atoms with Gasteiger partial charge in [0.1, 0.15) is 6.61 Å². The second kappa shape index (κ2) is 3.37. The van der Waals surface area contributed by atoms with Gasteiger partial charge in [-0.3, -0.25) is 0 Å². The van der Waals surface area contributed by atoms with E-state index >= 15 is 0 Å². The number of aromatic amines is 1. The lowest BCUT2D eigenvalue weighted by atomic mass is 10.2. The molecule has 0 aliphatic carbocycles. The third-order valence-corrected chi connectivity index (χ3v) is 1.87. The Bertz CT molecular complexity index is 464. The van der Waals surface area contributed by atoms with Crippen LogP contribution in [0, 0.1) is 0 Å². The highest BCUT2D eigenvalue weighted by Crippen LogP contribution is 2.12. The van der Waals surface area contributed by atoms with Crippen molar-refractivity contribution in [3.8, 4) is 0 Å². The first-order valence-electron chi connectivity index (χ1n) is 4.10. The smallest absolute Gasteiger partial charge is 0.404 e. The van der Waals surface area contributed by atoms with Gasteiger partial charge in [-0.05, 0) is 17.7 Å². The SMILES string of the molecule is NC(=O)OCc1ccc2nc[nH]c2c1. The average Bonchev–Trinajstić information content (AvgIpc) is 2.61. The van der Waals surface area contributed by atoms with Gasteiger partial charge in [0.25, 0.3) is 0 Å². The van der Waals surface area contributed by atoms with Crippen molar-refractivity contribution in [3.05, 3.63) is 30.1 Å². The van der Waals surface area contributed by atoms with Crippen LogP contribution in [0.3, 0.4) is 0 Å². The van der Waals surface area contributed by atoms with Crippen LogP contribution in [0.1, 0.15) is 5.56 Å². The van der Waals surface area contributed by atoms with Crippen molar-refractivity contribution >= 4 is 17.1 Å². The number of nitrogens with one attached hydrogen (secondary N) is 1. The van der Waals surface area contributed by atoms with Crippen LogP contribution in [0.25, 0.3) is 11.0 Å². The zero-order valence-corrected chi connectivity index (χ0v) is 7.36. The average molecular weight is 191 g/mol. The molecule has 2 aromatic rings. The van der Waals surface area contributed by atoms with Crippen molar-refractivity contribution in [2.75, 3.05) is 0 Å². The summed E-state index contributed by atoms with van der Waals surface area (Å²) >= 11 is 0. The Kier molecular flexibility index (Phi) is 2.06. The number of amides is 1. The van der Waals surface area contributed by atoms with Crippen LogP contribution in [-0.4, -0.2) is 16.1 Å². The number of ether oxygens (including phenoxy) is 1. The maximum Gasteiger partial charge on any atom is 0.404 e. The first kappa shape index (κ1) is 8.55. The number of rotatable bonds is 2. The largest absolute Gasteiger partial charge is 0.445 e. The number of carbonyl (C=O) groups is 1. The Labute approximate surface area is 79.9 Å². The van der Waals surface area contributed by atoms with Crippen LogP contribution >= 0.6 is 0 Å². The summed E-state index contributed by atoms with van der Waals surface area (Å²) in [5, 5.41) is 0. The van der Waals surface area contributed by atoms with E-state index in [9.17, 15) is 4.79 Å². The molecule has 0 aliphatic rings. The third kappa shape index (κ3) is 1.66. The van der Waals surface area contributed by atoms with E-state index in [0.29, 0.717) is 0 Å². The van der Waals surface area contributed by atoms with Gasteiger partial charge >= 0.3 is 6.09 Å². The van der Waals surface area contributed by atoms with Crippen LogP contribution in [-0.2, 0) is 11.3 Å². The van der Waals surface area contributed by atoms with E-state index in [1.807, 2.05) is 18.2 Å². The number of benzene rings is 1. The second-order valence-electron chi connectivity index (χ2n) is 2.86. The van der Waals surface area contributed by atoms with Gasteiger partial charge in [-0.25, -0.2) is 9.78 Å². The minimum absolute atomic E-state index is 0.185. The number of primary amides is 1. The van der Waals surface area contributed by atoms with Crippen molar-refractivity contribution in [2.24, 2.45) is 5.73 Å². The van der Waals surface area contributed by atoms with Crippen LogP contribution < -0.4 is 5.73 Å². The number of aromatic nitrogens is 2. The van der Waals surface area contributed by atoms with Gasteiger partial charge in [0.2, 0.25) is 0 Å². The number of imidazole rings is 1. The molecule has 2 rings (SSSR count). The number of nitrogens with zero attached hydrogens (tertiary/aromatic N) is 1. The van der Waals surface area contributed by atoms with Crippen LogP contribution in [0.15, 0.2) is 24.5 Å². The van der Waals surface area contributed by atoms with Gasteiger partial charge in [0.15, 0.2) is 0 Å². The summed E-state index contributed by atoms with van der Waals surface area (Å²) in [6, 6.07) is 5.56. The molecule has 0 fully saturated rings. The molecule has 0 atom stereocenters. The lowest BCUT2D eigenvalue weighted by Crippen LogP contribution is -2.12. The maximum atomic E-state index is 10.4. The fourth-order valence-corrected chi connectivity index (χ4v) is 1.23. The number of fused-ring (bicyclic) bond motifs is 1. The summed E-state index contributed by atoms with van der Waals surface area (Å²) in [6.45, 7) is 0.185. The molecule has 0 radical (unpaired) electrons. The molecule has 1 aromatic carbocycles. The van der Waals surface area contributed by atoms with Gasteiger partial charge in [0.05, 0.1) is 17.4 Å². The molecule has 5 nitrogen and oxygen atoms in total. The van der Waals surface area contributed by atoms with Gasteiger partial charge in [0, 0.05) is 0 Å². The predicted molar refractivity (Wildman–Crippen MR) is 50.5 cm³/mol. The molecule has 1 aromatic heterocycles. The minimum Gasteiger partial charge on any atom is -0.445 e. The number of nitrogens with two attached hydrogens (primary N) is 1. The maximum absolute atomic E-state index is 10.4. The highest BCUT2D eigenvalue weighted by Gasteiger charge is 2.00. The van der Waals surface area contributed by atoms with E-state index < -0.39 is 6.09 Å². The quantitative estimate of drug-likeness (QED) is 0.747. The fourth-order valence-electron chi connectivity index (χ4n) is 1.23. The molecule has 0 spiro atoms. The second-order valence-corrected chi connectivity index (χ2v) is 2.86. The zero-order valence-electron chi connectivity index (χ0n) is 7.36. The van der Waals surface area contributed by atoms with Crippen LogP contribution in [0.4, 0.5) is 4.79 Å². The van der Waals surface area contributed by atoms with Crippen LogP contribution in [0.2, 0.25) is 0 Å². The molecule has 72 valence electrons. The first-order chi connectivity index (χ1) is 6.75. The Balaban J connectivity index is 2.21. The summed E-state index contributed by atoms with van der Waals surface area (Å²) in [5.74, 6) is 0. The Morgan fingerprint density at radius 1 is 1.57 bits per heavy atom. The van der Waals surface area contributed by atoms with E-state index in [4.69, 9.17) is 5.73 Å². The van der Waals surface area contributed by atoms with Crippen molar-refractivity contribution in [3.63, 3.8) is 0 Å². The Morgan fingerprint density at radius 3 is 3.21 bits per heavy atom. The number of H-pyrrole nitrogens is 1. The summed E-state index contributed by atoms with van der Waals surface area (Å²) in [4.78, 5) is 17.4. The Morgan fingerprint density at radius 2 is 2.43 bits per heavy atom. The van der Waals surface area contributed by atoms with E-state index in [1.54, 1.807) is 6.33 Å². The molecule has 5 heteroatoms. The lowest BCUT2D eigenvalue weighted by Gasteiger charge is -2.00. The summed E-state index contributed by atoms with van der Waals surface area (Å²) in [6.07, 6.45) is 0.846. The normalized spacial score (nSPS) is 10.3. The summed E-state index contributed by atoms with van der Waals surface area (Å²) < 4.78 is 4.66. The van der Waals surface area contributed by atoms with Gasteiger partial charge < -0.3 is 15.5 Å². The molecule has 0 saturated heterocycles. The predicted octanol–water partition coefficient (Wildman–Crippen LogP) is 1.16. The van der Waals surface area contributed by atoms with Crippen LogP contribution in [0.5, 0.6) is 0 Å². The number of hydrogen-bond donors (Lipinski definition) is 2. The minimum atomic E-state index is -0.769. The molecular formula is C9H9N3O2. The summed E-state index contributed by atoms with van der Waals surface area (Å²) in [7, 11) is 0. The van der Waals surface area contributed by atoms with E-state index in [-0.39, 0.29) is 6.61 Å². The molecule has 1 heterocycles. The third-order valence-electron chi connectivity index (χ3n) is 1.87. The van der Waals surface area contributed by atoms with E-state index in [2.05, 4.69) is 14.7 Å². The van der Waals surface area contributed by atoms with Crippen molar-refractivity contribution in [2.45, 2.75) is 6.61 Å². The van der Waals surface area contributed by atoms with E-state index in [0.717, 1.165) is 16.6 Å². The topological polar surface area (TPSA) is 81.0 Å². The van der Waals surface area contributed by atoms with E-state index in [1.165, 1.54) is 0 Å². The molecule has 3 N–H and O–H groups in total. The number of carbonyl (C=O) groups excluding carboxylic acids is 1. The highest BCUT2D eigenvalue weighted by molar-refractivity contribution is 5.75. The molecule has 0 bridgehead atoms.